The molecule has 4 nitrogen and oxygen atoms in total. The van der Waals surface area contributed by atoms with Crippen LogP contribution in [0.2, 0.25) is 5.02 Å². The summed E-state index contributed by atoms with van der Waals surface area (Å²) in [6.07, 6.45) is 0.674. The molecule has 0 fully saturated rings. The van der Waals surface area contributed by atoms with Crippen LogP contribution in [0.5, 0.6) is 5.75 Å². The first-order chi connectivity index (χ1) is 18.7. The van der Waals surface area contributed by atoms with E-state index in [0.29, 0.717) is 23.8 Å². The fraction of sp³-hybridized carbons (Fsp3) is 0.206. The van der Waals surface area contributed by atoms with Crippen LogP contribution in [0.3, 0.4) is 0 Å². The van der Waals surface area contributed by atoms with Gasteiger partial charge in [-0.1, -0.05) is 93.0 Å². The first-order valence-electron chi connectivity index (χ1n) is 13.1. The van der Waals surface area contributed by atoms with Gasteiger partial charge >= 0.3 is 5.97 Å². The summed E-state index contributed by atoms with van der Waals surface area (Å²) in [4.78, 5) is 11.2. The third kappa shape index (κ3) is 5.57. The van der Waals surface area contributed by atoms with Crippen molar-refractivity contribution in [2.45, 2.75) is 38.6 Å². The summed E-state index contributed by atoms with van der Waals surface area (Å²) >= 11 is 6.56. The second-order valence-corrected chi connectivity index (χ2v) is 11.2. The molecule has 5 aromatic rings. The maximum Gasteiger partial charge on any atom is 0.335 e. The van der Waals surface area contributed by atoms with Crippen molar-refractivity contribution >= 4 is 28.5 Å². The minimum atomic E-state index is -0.951. The summed E-state index contributed by atoms with van der Waals surface area (Å²) in [7, 11) is 0. The SMILES string of the molecule is CC(C)(C)c1c(CCOc2ccc(C(=O)O)cc2)c2cc(Cl)ccc2n1C(c1ccccc1)c1ccccc1. The number of rotatable bonds is 8. The number of carboxylic acids is 1. The molecular weight excluding hydrogens is 506 g/mol. The van der Waals surface area contributed by atoms with Crippen LogP contribution in [0.15, 0.2) is 103 Å². The molecule has 1 heterocycles. The van der Waals surface area contributed by atoms with Gasteiger partial charge in [0, 0.05) is 33.5 Å². The molecule has 0 saturated carbocycles. The van der Waals surface area contributed by atoms with E-state index in [9.17, 15) is 9.90 Å². The number of aromatic nitrogens is 1. The first-order valence-corrected chi connectivity index (χ1v) is 13.5. The third-order valence-corrected chi connectivity index (χ3v) is 7.23. The molecule has 0 amide bonds. The van der Waals surface area contributed by atoms with Crippen LogP contribution in [-0.4, -0.2) is 22.2 Å². The zero-order valence-corrected chi connectivity index (χ0v) is 23.2. The van der Waals surface area contributed by atoms with Crippen molar-refractivity contribution in [3.8, 4) is 5.75 Å². The second kappa shape index (κ2) is 11.0. The van der Waals surface area contributed by atoms with Crippen LogP contribution in [0.4, 0.5) is 0 Å². The number of fused-ring (bicyclic) bond motifs is 1. The molecule has 0 aliphatic heterocycles. The van der Waals surface area contributed by atoms with E-state index >= 15 is 0 Å². The van der Waals surface area contributed by atoms with Gasteiger partial charge in [0.25, 0.3) is 0 Å². The molecular formula is C34H32ClNO3. The summed E-state index contributed by atoms with van der Waals surface area (Å²) in [5, 5.41) is 11.0. The minimum absolute atomic E-state index is 0.0245. The molecule has 4 aromatic carbocycles. The Hall–Kier alpha value is -4.02. The molecule has 0 bridgehead atoms. The molecule has 198 valence electrons. The summed E-state index contributed by atoms with van der Waals surface area (Å²) < 4.78 is 8.57. The Labute approximate surface area is 234 Å². The quantitative estimate of drug-likeness (QED) is 0.216. The molecule has 5 rings (SSSR count). The molecule has 0 unspecified atom stereocenters. The number of carbonyl (C=O) groups is 1. The number of carboxylic acid groups (broad SMARTS) is 1. The van der Waals surface area contributed by atoms with E-state index in [1.807, 2.05) is 6.07 Å². The second-order valence-electron chi connectivity index (χ2n) is 10.8. The lowest BCUT2D eigenvalue weighted by molar-refractivity contribution is 0.0697. The number of hydrogen-bond acceptors (Lipinski definition) is 2. The highest BCUT2D eigenvalue weighted by atomic mass is 35.5. The van der Waals surface area contributed by atoms with Crippen LogP contribution < -0.4 is 4.74 Å². The molecule has 5 heteroatoms. The third-order valence-electron chi connectivity index (χ3n) is 6.99. The topological polar surface area (TPSA) is 51.5 Å². The normalized spacial score (nSPS) is 11.7. The maximum absolute atomic E-state index is 11.2. The zero-order valence-electron chi connectivity index (χ0n) is 22.4. The van der Waals surface area contributed by atoms with Gasteiger partial charge in [0.15, 0.2) is 0 Å². The van der Waals surface area contributed by atoms with E-state index in [1.54, 1.807) is 24.3 Å². The molecule has 0 saturated heterocycles. The standard InChI is InChI=1S/C34H32ClNO3/c1-34(2,3)32-28(20-21-39-27-17-14-25(15-18-27)33(37)38)29-22-26(35)16-19-30(29)36(32)31(23-10-6-4-7-11-23)24-12-8-5-9-13-24/h4-19,22,31H,20-21H2,1-3H3,(H,37,38). The Balaban J connectivity index is 1.64. The Morgan fingerprint density at radius 1 is 0.872 bits per heavy atom. The summed E-state index contributed by atoms with van der Waals surface area (Å²) in [5.41, 5.74) is 6.06. The average molecular weight is 538 g/mol. The first kappa shape index (κ1) is 26.6. The van der Waals surface area contributed by atoms with Crippen molar-refractivity contribution in [3.63, 3.8) is 0 Å². The van der Waals surface area contributed by atoms with Crippen molar-refractivity contribution in [2.24, 2.45) is 0 Å². The monoisotopic (exact) mass is 537 g/mol. The largest absolute Gasteiger partial charge is 0.493 e. The Morgan fingerprint density at radius 3 is 2.00 bits per heavy atom. The van der Waals surface area contributed by atoms with E-state index < -0.39 is 5.97 Å². The highest BCUT2D eigenvalue weighted by Crippen LogP contribution is 2.42. The summed E-state index contributed by atoms with van der Waals surface area (Å²) in [6, 6.07) is 33.9. The van der Waals surface area contributed by atoms with Crippen LogP contribution in [0.25, 0.3) is 10.9 Å². The number of ether oxygens (including phenoxy) is 1. The predicted octanol–water partition coefficient (Wildman–Crippen LogP) is 8.55. The zero-order chi connectivity index (χ0) is 27.6. The fourth-order valence-electron chi connectivity index (χ4n) is 5.41. The van der Waals surface area contributed by atoms with Crippen molar-refractivity contribution in [2.75, 3.05) is 6.61 Å². The number of nitrogens with zero attached hydrogens (tertiary/aromatic N) is 1. The fourth-order valence-corrected chi connectivity index (χ4v) is 5.59. The number of aromatic carboxylic acids is 1. The van der Waals surface area contributed by atoms with Crippen LogP contribution in [-0.2, 0) is 11.8 Å². The molecule has 39 heavy (non-hydrogen) atoms. The van der Waals surface area contributed by atoms with E-state index in [4.69, 9.17) is 16.3 Å². The summed E-state index contributed by atoms with van der Waals surface area (Å²) in [6.45, 7) is 7.20. The van der Waals surface area contributed by atoms with E-state index in [-0.39, 0.29) is 17.0 Å². The molecule has 0 aliphatic rings. The highest BCUT2D eigenvalue weighted by molar-refractivity contribution is 6.31. The number of benzene rings is 4. The van der Waals surface area contributed by atoms with E-state index in [0.717, 1.165) is 10.9 Å². The van der Waals surface area contributed by atoms with Crippen molar-refractivity contribution in [3.05, 3.63) is 136 Å². The number of hydrogen-bond donors (Lipinski definition) is 1. The van der Waals surface area contributed by atoms with Crippen molar-refractivity contribution in [1.29, 1.82) is 0 Å². The smallest absolute Gasteiger partial charge is 0.335 e. The Kier molecular flexibility index (Phi) is 7.49. The number of halogens is 1. The van der Waals surface area contributed by atoms with Crippen LogP contribution in [0.1, 0.15) is 59.6 Å². The Morgan fingerprint density at radius 2 is 1.46 bits per heavy atom. The van der Waals surface area contributed by atoms with Crippen molar-refractivity contribution < 1.29 is 14.6 Å². The van der Waals surface area contributed by atoms with Gasteiger partial charge < -0.3 is 14.4 Å². The lowest BCUT2D eigenvalue weighted by atomic mass is 9.86. The molecule has 1 N–H and O–H groups in total. The lowest BCUT2D eigenvalue weighted by Gasteiger charge is -2.30. The van der Waals surface area contributed by atoms with Gasteiger partial charge in [-0.3, -0.25) is 0 Å². The average Bonchev–Trinajstić information content (AvgIpc) is 3.24. The molecule has 0 spiro atoms. The van der Waals surface area contributed by atoms with Crippen LogP contribution >= 0.6 is 11.6 Å². The molecule has 0 aliphatic carbocycles. The maximum atomic E-state index is 11.2. The van der Waals surface area contributed by atoms with Gasteiger partial charge in [-0.2, -0.15) is 0 Å². The van der Waals surface area contributed by atoms with Gasteiger partial charge in [0.1, 0.15) is 5.75 Å². The van der Waals surface area contributed by atoms with E-state index in [2.05, 4.69) is 98.1 Å². The molecule has 0 atom stereocenters. The highest BCUT2D eigenvalue weighted by Gasteiger charge is 2.31. The Bertz CT molecular complexity index is 1540. The van der Waals surface area contributed by atoms with E-state index in [1.165, 1.54) is 22.4 Å². The van der Waals surface area contributed by atoms with Gasteiger partial charge in [0.2, 0.25) is 0 Å². The summed E-state index contributed by atoms with van der Waals surface area (Å²) in [5.74, 6) is -0.307. The minimum Gasteiger partial charge on any atom is -0.493 e. The predicted molar refractivity (Wildman–Crippen MR) is 158 cm³/mol. The molecule has 1 aromatic heterocycles. The van der Waals surface area contributed by atoms with Crippen molar-refractivity contribution in [1.82, 2.24) is 4.57 Å². The lowest BCUT2D eigenvalue weighted by Crippen LogP contribution is -2.24. The van der Waals surface area contributed by atoms with Gasteiger partial charge in [-0.25, -0.2) is 4.79 Å². The van der Waals surface area contributed by atoms with Gasteiger partial charge in [-0.15, -0.1) is 0 Å². The molecule has 0 radical (unpaired) electrons. The van der Waals surface area contributed by atoms with Gasteiger partial charge in [0.05, 0.1) is 18.2 Å². The van der Waals surface area contributed by atoms with Gasteiger partial charge in [-0.05, 0) is 59.2 Å². The van der Waals surface area contributed by atoms with Crippen LogP contribution in [0, 0.1) is 0 Å².